The van der Waals surface area contributed by atoms with Gasteiger partial charge in [-0.05, 0) is 60.7 Å². The van der Waals surface area contributed by atoms with E-state index in [0.717, 1.165) is 48.5 Å². The van der Waals surface area contributed by atoms with Crippen LogP contribution < -0.4 is 10.6 Å². The van der Waals surface area contributed by atoms with Gasteiger partial charge in [-0.25, -0.2) is 9.97 Å². The number of carbonyl (C=O) groups is 2. The van der Waals surface area contributed by atoms with Gasteiger partial charge in [0.25, 0.3) is 11.8 Å². The molecule has 0 aliphatic rings. The third-order valence-corrected chi connectivity index (χ3v) is 6.05. The smallest absolute Gasteiger partial charge is 0.322 e. The normalized spacial score (nSPS) is 11.9. The molecule has 2 amide bonds. The predicted octanol–water partition coefficient (Wildman–Crippen LogP) is 6.94. The van der Waals surface area contributed by atoms with E-state index in [2.05, 4.69) is 20.6 Å². The molecule has 0 aliphatic carbocycles. The van der Waals surface area contributed by atoms with Crippen molar-refractivity contribution < 1.29 is 35.9 Å². The number of imidazole rings is 1. The van der Waals surface area contributed by atoms with Crippen LogP contribution in [0.2, 0.25) is 0 Å². The summed E-state index contributed by atoms with van der Waals surface area (Å²) in [6.07, 6.45) is -4.48. The van der Waals surface area contributed by atoms with Crippen LogP contribution in [0.1, 0.15) is 31.8 Å². The number of anilines is 2. The zero-order valence-corrected chi connectivity index (χ0v) is 20.6. The van der Waals surface area contributed by atoms with Crippen LogP contribution in [-0.4, -0.2) is 26.2 Å². The molecule has 2 heterocycles. The van der Waals surface area contributed by atoms with E-state index in [9.17, 15) is 35.9 Å². The molecule has 0 atom stereocenters. The molecule has 7 nitrogen and oxygen atoms in total. The summed E-state index contributed by atoms with van der Waals surface area (Å²) in [5.41, 5.74) is 0.288. The Balaban J connectivity index is 1.31. The number of alkyl halides is 6. The number of hydrogen-bond donors (Lipinski definition) is 2. The standard InChI is InChI=1S/C28H17F6N5O2/c29-27(30,31)19-7-1-17(2-8-19)25(40)37-21-11-5-16(6-12-21)22-15-36-24-23(35-13-14-39(22)24)38-26(41)18-3-9-20(10-4-18)28(32,33)34/h1-15H,(H,37,40)(H,35,38,41). The average Bonchev–Trinajstić information content (AvgIpc) is 3.38. The summed E-state index contributed by atoms with van der Waals surface area (Å²) in [5.74, 6) is -1.16. The number of carbonyl (C=O) groups excluding carboxylic acids is 2. The van der Waals surface area contributed by atoms with Crippen molar-refractivity contribution in [2.24, 2.45) is 0 Å². The summed E-state index contributed by atoms with van der Waals surface area (Å²) >= 11 is 0. The maximum atomic E-state index is 12.8. The third-order valence-electron chi connectivity index (χ3n) is 6.05. The van der Waals surface area contributed by atoms with Crippen LogP contribution >= 0.6 is 0 Å². The van der Waals surface area contributed by atoms with Gasteiger partial charge in [0.05, 0.1) is 23.0 Å². The molecule has 5 aromatic rings. The van der Waals surface area contributed by atoms with Gasteiger partial charge in [-0.3, -0.25) is 14.0 Å². The topological polar surface area (TPSA) is 88.4 Å². The lowest BCUT2D eigenvalue weighted by Gasteiger charge is -2.10. The Kier molecular flexibility index (Phi) is 6.95. The highest BCUT2D eigenvalue weighted by molar-refractivity contribution is 6.05. The van der Waals surface area contributed by atoms with E-state index in [1.54, 1.807) is 34.9 Å². The second-order valence-corrected chi connectivity index (χ2v) is 8.75. The van der Waals surface area contributed by atoms with Crippen molar-refractivity contribution in [2.45, 2.75) is 12.4 Å². The SMILES string of the molecule is O=C(Nc1ccc(-c2cnc3c(NC(=O)c4ccc(C(F)(F)F)cc4)nccn23)cc1)c1ccc(C(F)(F)F)cc1. The molecule has 41 heavy (non-hydrogen) atoms. The Morgan fingerprint density at radius 1 is 0.659 bits per heavy atom. The first kappa shape index (κ1) is 27.4. The zero-order chi connectivity index (χ0) is 29.4. The van der Waals surface area contributed by atoms with Crippen LogP contribution in [0, 0.1) is 0 Å². The second kappa shape index (κ2) is 10.4. The number of nitrogens with one attached hydrogen (secondary N) is 2. The van der Waals surface area contributed by atoms with E-state index >= 15 is 0 Å². The highest BCUT2D eigenvalue weighted by atomic mass is 19.4. The van der Waals surface area contributed by atoms with E-state index in [4.69, 9.17) is 0 Å². The molecule has 0 unspecified atom stereocenters. The Bertz CT molecular complexity index is 1730. The maximum Gasteiger partial charge on any atom is 0.416 e. The fourth-order valence-corrected chi connectivity index (χ4v) is 3.95. The van der Waals surface area contributed by atoms with Crippen molar-refractivity contribution in [3.8, 4) is 11.3 Å². The molecule has 0 bridgehead atoms. The van der Waals surface area contributed by atoms with Crippen molar-refractivity contribution in [3.63, 3.8) is 0 Å². The monoisotopic (exact) mass is 569 g/mol. The number of rotatable bonds is 5. The highest BCUT2D eigenvalue weighted by Gasteiger charge is 2.31. The number of aromatic nitrogens is 3. The summed E-state index contributed by atoms with van der Waals surface area (Å²) in [6.45, 7) is 0. The molecule has 0 spiro atoms. The fourth-order valence-electron chi connectivity index (χ4n) is 3.95. The van der Waals surface area contributed by atoms with E-state index in [0.29, 0.717) is 16.9 Å². The van der Waals surface area contributed by atoms with E-state index in [1.807, 2.05) is 0 Å². The van der Waals surface area contributed by atoms with Crippen LogP contribution in [0.5, 0.6) is 0 Å². The molecule has 0 saturated carbocycles. The molecule has 3 aromatic carbocycles. The fraction of sp³-hybridized carbons (Fsp3) is 0.0714. The molecule has 2 aromatic heterocycles. The van der Waals surface area contributed by atoms with Crippen molar-refractivity contribution in [2.75, 3.05) is 10.6 Å². The minimum atomic E-state index is -4.52. The number of amides is 2. The second-order valence-electron chi connectivity index (χ2n) is 8.75. The number of nitrogens with zero attached hydrogens (tertiary/aromatic N) is 3. The van der Waals surface area contributed by atoms with Gasteiger partial charge in [0.15, 0.2) is 11.5 Å². The van der Waals surface area contributed by atoms with Gasteiger partial charge in [0.1, 0.15) is 0 Å². The molecular weight excluding hydrogens is 552 g/mol. The molecule has 0 radical (unpaired) electrons. The van der Waals surface area contributed by atoms with Crippen LogP contribution in [-0.2, 0) is 12.4 Å². The lowest BCUT2D eigenvalue weighted by molar-refractivity contribution is -0.138. The summed E-state index contributed by atoms with van der Waals surface area (Å²) < 4.78 is 78.3. The molecular formula is C28H17F6N5O2. The Morgan fingerprint density at radius 2 is 1.17 bits per heavy atom. The molecule has 13 heteroatoms. The average molecular weight is 569 g/mol. The van der Waals surface area contributed by atoms with Gasteiger partial charge >= 0.3 is 12.4 Å². The lowest BCUT2D eigenvalue weighted by atomic mass is 10.1. The van der Waals surface area contributed by atoms with E-state index in [1.165, 1.54) is 12.4 Å². The van der Waals surface area contributed by atoms with Crippen LogP contribution in [0.4, 0.5) is 37.8 Å². The summed E-state index contributed by atoms with van der Waals surface area (Å²) in [7, 11) is 0. The lowest BCUT2D eigenvalue weighted by Crippen LogP contribution is -2.14. The summed E-state index contributed by atoms with van der Waals surface area (Å²) in [6, 6.07) is 14.2. The molecule has 0 fully saturated rings. The number of halogens is 6. The van der Waals surface area contributed by atoms with Gasteiger partial charge in [0.2, 0.25) is 0 Å². The van der Waals surface area contributed by atoms with Crippen LogP contribution in [0.15, 0.2) is 91.4 Å². The predicted molar refractivity (Wildman–Crippen MR) is 137 cm³/mol. The largest absolute Gasteiger partial charge is 0.416 e. The first-order valence-electron chi connectivity index (χ1n) is 11.8. The van der Waals surface area contributed by atoms with Crippen molar-refractivity contribution in [3.05, 3.63) is 114 Å². The summed E-state index contributed by atoms with van der Waals surface area (Å²) in [4.78, 5) is 33.5. The number of hydrogen-bond acceptors (Lipinski definition) is 4. The number of benzene rings is 3. The van der Waals surface area contributed by atoms with Crippen molar-refractivity contribution >= 4 is 29.0 Å². The third kappa shape index (κ3) is 5.88. The van der Waals surface area contributed by atoms with Gasteiger partial charge in [0, 0.05) is 34.8 Å². The Labute approximate surface area is 227 Å². The quantitative estimate of drug-likeness (QED) is 0.225. The van der Waals surface area contributed by atoms with Gasteiger partial charge < -0.3 is 10.6 Å². The van der Waals surface area contributed by atoms with Crippen molar-refractivity contribution in [1.82, 2.24) is 14.4 Å². The maximum absolute atomic E-state index is 12.8. The number of fused-ring (bicyclic) bond motifs is 1. The Hall–Kier alpha value is -5.20. The molecule has 5 rings (SSSR count). The van der Waals surface area contributed by atoms with Crippen LogP contribution in [0.3, 0.4) is 0 Å². The molecule has 208 valence electrons. The van der Waals surface area contributed by atoms with Crippen molar-refractivity contribution in [1.29, 1.82) is 0 Å². The highest BCUT2D eigenvalue weighted by Crippen LogP contribution is 2.31. The van der Waals surface area contributed by atoms with Crippen LogP contribution in [0.25, 0.3) is 16.9 Å². The van der Waals surface area contributed by atoms with Gasteiger partial charge in [-0.1, -0.05) is 12.1 Å². The zero-order valence-electron chi connectivity index (χ0n) is 20.6. The summed E-state index contributed by atoms with van der Waals surface area (Å²) in [5, 5.41) is 5.18. The first-order chi connectivity index (χ1) is 19.4. The Morgan fingerprint density at radius 3 is 1.68 bits per heavy atom. The first-order valence-corrected chi connectivity index (χ1v) is 11.8. The van der Waals surface area contributed by atoms with E-state index in [-0.39, 0.29) is 22.6 Å². The minimum absolute atomic E-state index is 0.00233. The van der Waals surface area contributed by atoms with Gasteiger partial charge in [-0.2, -0.15) is 26.3 Å². The minimum Gasteiger partial charge on any atom is -0.322 e. The molecule has 2 N–H and O–H groups in total. The van der Waals surface area contributed by atoms with Gasteiger partial charge in [-0.15, -0.1) is 0 Å². The molecule has 0 saturated heterocycles. The van der Waals surface area contributed by atoms with E-state index < -0.39 is 35.3 Å². The molecule has 0 aliphatic heterocycles.